The Kier molecular flexibility index (Phi) is 10.6. The van der Waals surface area contributed by atoms with Gasteiger partial charge in [-0.3, -0.25) is 0 Å². The predicted molar refractivity (Wildman–Crippen MR) is 190 cm³/mol. The van der Waals surface area contributed by atoms with Gasteiger partial charge >= 0.3 is 0 Å². The molecule has 5 rings (SSSR count). The number of nitrogens with one attached hydrogen (secondary N) is 2. The van der Waals surface area contributed by atoms with Crippen molar-refractivity contribution < 1.29 is 24.4 Å². The molecular formula is C40H49N3O5. The molecular weight excluding hydrogens is 602 g/mol. The van der Waals surface area contributed by atoms with Crippen molar-refractivity contribution in [3.63, 3.8) is 0 Å². The molecule has 1 saturated carbocycles. The van der Waals surface area contributed by atoms with Gasteiger partial charge in [-0.15, -0.1) is 0 Å². The second kappa shape index (κ2) is 14.7. The van der Waals surface area contributed by atoms with Gasteiger partial charge in [0, 0.05) is 24.2 Å². The third-order valence-corrected chi connectivity index (χ3v) is 9.87. The van der Waals surface area contributed by atoms with E-state index in [2.05, 4.69) is 37.3 Å². The number of ether oxygens (including phenoxy) is 3. The van der Waals surface area contributed by atoms with E-state index in [1.54, 1.807) is 19.4 Å². The maximum Gasteiger partial charge on any atom is 0.165 e. The summed E-state index contributed by atoms with van der Waals surface area (Å²) in [5.74, 6) is 2.27. The van der Waals surface area contributed by atoms with Crippen LogP contribution in [0.4, 0.5) is 0 Å². The second-order valence-electron chi connectivity index (χ2n) is 14.0. The highest BCUT2D eigenvalue weighted by atomic mass is 16.5. The molecule has 8 nitrogen and oxygen atoms in total. The number of fused-ring (bicyclic) bond motifs is 2. The van der Waals surface area contributed by atoms with Gasteiger partial charge in [0.1, 0.15) is 29.4 Å². The van der Waals surface area contributed by atoms with Gasteiger partial charge in [0.15, 0.2) is 11.5 Å². The molecule has 0 spiro atoms. The first kappa shape index (κ1) is 34.8. The average molecular weight is 652 g/mol. The molecule has 0 saturated heterocycles. The zero-order valence-electron chi connectivity index (χ0n) is 29.0. The number of aliphatic hydroxyl groups excluding tert-OH is 1. The molecule has 1 heterocycles. The van der Waals surface area contributed by atoms with Crippen molar-refractivity contribution in [2.24, 2.45) is 16.4 Å². The van der Waals surface area contributed by atoms with Gasteiger partial charge in [-0.25, -0.2) is 5.53 Å². The Balaban J connectivity index is 1.39. The van der Waals surface area contributed by atoms with E-state index in [1.807, 2.05) is 74.5 Å². The molecule has 254 valence electrons. The lowest BCUT2D eigenvalue weighted by molar-refractivity contribution is -0.138. The van der Waals surface area contributed by atoms with Crippen molar-refractivity contribution in [3.8, 4) is 23.0 Å². The number of phenols is 1. The van der Waals surface area contributed by atoms with E-state index in [-0.39, 0.29) is 35.4 Å². The number of methoxy groups -OCH3 is 1. The quantitative estimate of drug-likeness (QED) is 0.0885. The molecule has 0 bridgehead atoms. The van der Waals surface area contributed by atoms with Crippen LogP contribution in [0.1, 0.15) is 75.3 Å². The second-order valence-corrected chi connectivity index (χ2v) is 14.0. The molecule has 0 aromatic heterocycles. The minimum atomic E-state index is -0.374. The van der Waals surface area contributed by atoms with E-state index in [1.165, 1.54) is 0 Å². The smallest absolute Gasteiger partial charge is 0.165 e. The Morgan fingerprint density at radius 3 is 2.46 bits per heavy atom. The highest BCUT2D eigenvalue weighted by Crippen LogP contribution is 2.55. The highest BCUT2D eigenvalue weighted by molar-refractivity contribution is 5.74. The van der Waals surface area contributed by atoms with Gasteiger partial charge < -0.3 is 29.7 Å². The van der Waals surface area contributed by atoms with E-state index in [4.69, 9.17) is 19.7 Å². The first-order valence-corrected chi connectivity index (χ1v) is 16.7. The zero-order valence-corrected chi connectivity index (χ0v) is 29.0. The van der Waals surface area contributed by atoms with Crippen LogP contribution in [0.3, 0.4) is 0 Å². The molecule has 0 radical (unpaired) electrons. The molecule has 3 aromatic rings. The predicted octanol–water partition coefficient (Wildman–Crippen LogP) is 8.61. The molecule has 3 atom stereocenters. The van der Waals surface area contributed by atoms with E-state index >= 15 is 0 Å². The molecule has 0 unspecified atom stereocenters. The van der Waals surface area contributed by atoms with Crippen LogP contribution in [0, 0.1) is 16.9 Å². The number of aliphatic hydroxyl groups is 1. The summed E-state index contributed by atoms with van der Waals surface area (Å²) in [7, 11) is 1.66. The van der Waals surface area contributed by atoms with E-state index in [0.717, 1.165) is 46.4 Å². The summed E-state index contributed by atoms with van der Waals surface area (Å²) < 4.78 is 18.7. The average Bonchev–Trinajstić information content (AvgIpc) is 3.06. The largest absolute Gasteiger partial charge is 0.507 e. The maximum absolute atomic E-state index is 11.1. The van der Waals surface area contributed by atoms with E-state index < -0.39 is 0 Å². The van der Waals surface area contributed by atoms with Crippen LogP contribution in [0.5, 0.6) is 23.0 Å². The van der Waals surface area contributed by atoms with Gasteiger partial charge in [-0.2, -0.15) is 5.11 Å². The fourth-order valence-electron chi connectivity index (χ4n) is 6.96. The zero-order chi connectivity index (χ0) is 34.5. The fourth-order valence-corrected chi connectivity index (χ4v) is 6.96. The molecule has 8 heteroatoms. The Bertz CT molecular complexity index is 1710. The van der Waals surface area contributed by atoms with Crippen LogP contribution >= 0.6 is 0 Å². The number of aromatic hydroxyl groups is 1. The fraction of sp³-hybridized carbons (Fsp3) is 0.400. The molecule has 1 fully saturated rings. The van der Waals surface area contributed by atoms with Crippen molar-refractivity contribution in [3.05, 3.63) is 106 Å². The van der Waals surface area contributed by atoms with E-state index in [0.29, 0.717) is 42.1 Å². The number of benzene rings is 3. The molecule has 1 aliphatic carbocycles. The van der Waals surface area contributed by atoms with Gasteiger partial charge in [-0.1, -0.05) is 68.0 Å². The van der Waals surface area contributed by atoms with Gasteiger partial charge in [0.25, 0.3) is 0 Å². The number of phenolic OH excluding ortho intramolecular Hbond substituents is 1. The molecule has 48 heavy (non-hydrogen) atoms. The van der Waals surface area contributed by atoms with Crippen molar-refractivity contribution in [2.45, 2.75) is 78.6 Å². The number of hydrogen-bond acceptors (Lipinski definition) is 8. The minimum Gasteiger partial charge on any atom is -0.507 e. The van der Waals surface area contributed by atoms with Gasteiger partial charge in [0.2, 0.25) is 0 Å². The molecule has 0 amide bonds. The number of nitrogens with zero attached hydrogens (tertiary/aromatic N) is 1. The van der Waals surface area contributed by atoms with Crippen LogP contribution < -0.4 is 19.5 Å². The summed E-state index contributed by atoms with van der Waals surface area (Å²) in [5, 5.41) is 28.8. The van der Waals surface area contributed by atoms with Crippen molar-refractivity contribution in [2.75, 3.05) is 13.7 Å². The molecule has 3 aromatic carbocycles. The Morgan fingerprint density at radius 2 is 1.77 bits per heavy atom. The summed E-state index contributed by atoms with van der Waals surface area (Å²) in [6.07, 6.45) is 10.1. The summed E-state index contributed by atoms with van der Waals surface area (Å²) >= 11 is 0. The summed E-state index contributed by atoms with van der Waals surface area (Å²) in [6.45, 7) is 11.1. The minimum absolute atomic E-state index is 0.0624. The third-order valence-electron chi connectivity index (χ3n) is 9.87. The molecule has 2 aliphatic rings. The van der Waals surface area contributed by atoms with Gasteiger partial charge in [-0.05, 0) is 98.4 Å². The normalized spacial score (nSPS) is 21.4. The van der Waals surface area contributed by atoms with E-state index in [9.17, 15) is 10.2 Å². The Hall–Kier alpha value is -4.56. The number of allylic oxidation sites excluding steroid dienone is 2. The Morgan fingerprint density at radius 1 is 1.06 bits per heavy atom. The third kappa shape index (κ3) is 7.76. The highest BCUT2D eigenvalue weighted by Gasteiger charge is 2.54. The Labute approximate surface area is 284 Å². The van der Waals surface area contributed by atoms with Crippen LogP contribution in [-0.4, -0.2) is 35.6 Å². The maximum atomic E-state index is 11.1. The SMILES string of the molecule is COc1cc(/C=C/c2cc(O)c(CC=C(C)C)c(OC/C(=C/NCc3ccccc3)N=N)c2)cc2c1O[C@]1(C)CC[C@@H](O)C(C)(C)[C@H]1C2. The van der Waals surface area contributed by atoms with Crippen molar-refractivity contribution >= 4 is 12.2 Å². The number of rotatable bonds is 12. The van der Waals surface area contributed by atoms with Crippen LogP contribution in [-0.2, 0) is 19.4 Å². The standard InChI is InChI=1S/C40H49N3O5/c1-26(2)12-15-32-33(44)19-29(20-34(32)47-25-31(43-41)24-42-23-27-10-8-7-9-11-27)14-13-28-18-30-22-36-39(3,4)37(45)16-17-40(36,5)48-38(30)35(21-28)46-6/h7-14,18-21,24,36-37,41-42,44-45H,15-17,22-23,25H2,1-6H3/b14-13+,31-24-,43-41?/t36-,37-,40-/m1/s1. The van der Waals surface area contributed by atoms with Gasteiger partial charge in [0.05, 0.1) is 13.2 Å². The number of hydrogen-bond donors (Lipinski definition) is 4. The summed E-state index contributed by atoms with van der Waals surface area (Å²) in [4.78, 5) is 0. The first-order valence-electron chi connectivity index (χ1n) is 16.7. The summed E-state index contributed by atoms with van der Waals surface area (Å²) in [5.41, 5.74) is 13.1. The summed E-state index contributed by atoms with van der Waals surface area (Å²) in [6, 6.07) is 17.7. The van der Waals surface area contributed by atoms with Crippen LogP contribution in [0.2, 0.25) is 0 Å². The lowest BCUT2D eigenvalue weighted by Gasteiger charge is -2.55. The van der Waals surface area contributed by atoms with Crippen molar-refractivity contribution in [1.82, 2.24) is 5.32 Å². The molecule has 4 N–H and O–H groups in total. The van der Waals surface area contributed by atoms with Crippen LogP contribution in [0.25, 0.3) is 12.2 Å². The lowest BCUT2D eigenvalue weighted by Crippen LogP contribution is -2.58. The molecule has 1 aliphatic heterocycles. The van der Waals surface area contributed by atoms with Crippen molar-refractivity contribution in [1.29, 1.82) is 5.53 Å². The monoisotopic (exact) mass is 651 g/mol. The van der Waals surface area contributed by atoms with Crippen LogP contribution in [0.15, 0.2) is 83.3 Å². The first-order chi connectivity index (χ1) is 22.9. The lowest BCUT2D eigenvalue weighted by atomic mass is 9.57. The topological polar surface area (TPSA) is 116 Å².